The maximum Gasteiger partial charge on any atom is 0.230 e. The van der Waals surface area contributed by atoms with Crippen LogP contribution in [0.15, 0.2) is 43.0 Å². The highest BCUT2D eigenvalue weighted by Crippen LogP contribution is 2.36. The number of H-pyrrole nitrogens is 1. The van der Waals surface area contributed by atoms with Gasteiger partial charge in [-0.3, -0.25) is 4.90 Å². The third kappa shape index (κ3) is 5.44. The van der Waals surface area contributed by atoms with Gasteiger partial charge in [-0.05, 0) is 24.6 Å². The number of benzene rings is 1. The zero-order valence-electron chi connectivity index (χ0n) is 19.7. The fourth-order valence-corrected chi connectivity index (χ4v) is 4.31. The Balaban J connectivity index is 1.23. The van der Waals surface area contributed by atoms with E-state index in [0.29, 0.717) is 41.8 Å². The normalized spacial score (nSPS) is 15.0. The van der Waals surface area contributed by atoms with E-state index < -0.39 is 0 Å². The molecule has 0 aliphatic carbocycles. The van der Waals surface area contributed by atoms with Gasteiger partial charge in [0.05, 0.1) is 30.8 Å². The number of aromatic nitrogens is 4. The molecule has 4 aromatic rings. The predicted octanol–water partition coefficient (Wildman–Crippen LogP) is 3.66. The van der Waals surface area contributed by atoms with Crippen molar-refractivity contribution < 1.29 is 18.6 Å². The van der Waals surface area contributed by atoms with Crippen LogP contribution in [-0.4, -0.2) is 89.4 Å². The van der Waals surface area contributed by atoms with Crippen molar-refractivity contribution in [1.29, 1.82) is 0 Å². The summed E-state index contributed by atoms with van der Waals surface area (Å²) < 4.78 is 30.2. The molecule has 5 rings (SSSR count). The standard InChI is InChI=1S/C25H29FN6O3/c1-33-22-14-20-21(15-23(22)34-12-2-6-31-8-10-32(7-4-26)11-9-31)29-17-30-25(20)35-19-13-18-3-5-27-24(18)28-16-19/h3,5,13-17H,2,4,6-12H2,1H3,(H,27,28). The van der Waals surface area contributed by atoms with E-state index >= 15 is 0 Å². The number of hydrogen-bond donors (Lipinski definition) is 1. The van der Waals surface area contributed by atoms with Gasteiger partial charge >= 0.3 is 0 Å². The van der Waals surface area contributed by atoms with Gasteiger partial charge in [0.15, 0.2) is 11.5 Å². The fourth-order valence-electron chi connectivity index (χ4n) is 4.31. The third-order valence-corrected chi connectivity index (χ3v) is 6.22. The Kier molecular flexibility index (Phi) is 7.20. The molecule has 184 valence electrons. The highest BCUT2D eigenvalue weighted by atomic mass is 19.1. The summed E-state index contributed by atoms with van der Waals surface area (Å²) in [5, 5.41) is 1.67. The molecule has 9 nitrogen and oxygen atoms in total. The first kappa shape index (κ1) is 23.3. The monoisotopic (exact) mass is 480 g/mol. The van der Waals surface area contributed by atoms with E-state index in [1.54, 1.807) is 13.3 Å². The number of rotatable bonds is 10. The lowest BCUT2D eigenvalue weighted by Gasteiger charge is -2.34. The van der Waals surface area contributed by atoms with E-state index in [4.69, 9.17) is 14.2 Å². The molecule has 35 heavy (non-hydrogen) atoms. The maximum atomic E-state index is 12.5. The first-order chi connectivity index (χ1) is 17.2. The second kappa shape index (κ2) is 10.8. The topological polar surface area (TPSA) is 88.6 Å². The average Bonchev–Trinajstić information content (AvgIpc) is 3.35. The van der Waals surface area contributed by atoms with Crippen LogP contribution in [0.1, 0.15) is 6.42 Å². The smallest absolute Gasteiger partial charge is 0.230 e. The van der Waals surface area contributed by atoms with Crippen molar-refractivity contribution in [3.05, 3.63) is 43.0 Å². The molecule has 0 bridgehead atoms. The zero-order chi connectivity index (χ0) is 24.0. The summed E-state index contributed by atoms with van der Waals surface area (Å²) in [6, 6.07) is 7.54. The van der Waals surface area contributed by atoms with Gasteiger partial charge in [0.2, 0.25) is 5.88 Å². The number of ether oxygens (including phenoxy) is 3. The average molecular weight is 481 g/mol. The summed E-state index contributed by atoms with van der Waals surface area (Å²) >= 11 is 0. The summed E-state index contributed by atoms with van der Waals surface area (Å²) in [5.41, 5.74) is 1.50. The Hall–Kier alpha value is -3.50. The van der Waals surface area contributed by atoms with Gasteiger partial charge in [-0.1, -0.05) is 0 Å². The number of nitrogens with one attached hydrogen (secondary N) is 1. The summed E-state index contributed by atoms with van der Waals surface area (Å²) in [4.78, 5) is 20.7. The molecule has 0 radical (unpaired) electrons. The van der Waals surface area contributed by atoms with Crippen molar-refractivity contribution in [2.75, 3.05) is 59.7 Å². The van der Waals surface area contributed by atoms with Crippen molar-refractivity contribution in [3.63, 3.8) is 0 Å². The van der Waals surface area contributed by atoms with Crippen LogP contribution in [-0.2, 0) is 0 Å². The molecule has 3 aromatic heterocycles. The minimum atomic E-state index is -0.277. The van der Waals surface area contributed by atoms with E-state index in [1.165, 1.54) is 6.33 Å². The molecule has 1 N–H and O–H groups in total. The molecule has 1 saturated heterocycles. The van der Waals surface area contributed by atoms with Crippen molar-refractivity contribution in [1.82, 2.24) is 29.7 Å². The molecule has 0 atom stereocenters. The van der Waals surface area contributed by atoms with Crippen LogP contribution in [0.5, 0.6) is 23.1 Å². The minimum absolute atomic E-state index is 0.277. The van der Waals surface area contributed by atoms with E-state index in [9.17, 15) is 4.39 Å². The molecule has 4 heterocycles. The molecule has 0 saturated carbocycles. The van der Waals surface area contributed by atoms with Crippen LogP contribution >= 0.6 is 0 Å². The van der Waals surface area contributed by atoms with Gasteiger partial charge in [0, 0.05) is 56.9 Å². The van der Waals surface area contributed by atoms with Gasteiger partial charge in [-0.15, -0.1) is 0 Å². The minimum Gasteiger partial charge on any atom is -0.493 e. The number of methoxy groups -OCH3 is 1. The van der Waals surface area contributed by atoms with Crippen molar-refractivity contribution in [2.45, 2.75) is 6.42 Å². The SMILES string of the molecule is COc1cc2c(Oc3cnc4[nH]ccc4c3)ncnc2cc1OCCCN1CCN(CCF)CC1. The number of fused-ring (bicyclic) bond motifs is 2. The molecule has 10 heteroatoms. The first-order valence-corrected chi connectivity index (χ1v) is 11.8. The van der Waals surface area contributed by atoms with Crippen molar-refractivity contribution in [2.24, 2.45) is 0 Å². The maximum absolute atomic E-state index is 12.5. The number of alkyl halides is 1. The van der Waals surface area contributed by atoms with Crippen molar-refractivity contribution >= 4 is 21.9 Å². The molecule has 0 amide bonds. The van der Waals surface area contributed by atoms with E-state index in [-0.39, 0.29) is 6.67 Å². The van der Waals surface area contributed by atoms with Crippen LogP contribution in [0.2, 0.25) is 0 Å². The Labute approximate surface area is 202 Å². The summed E-state index contributed by atoms with van der Waals surface area (Å²) in [7, 11) is 1.61. The fraction of sp³-hybridized carbons (Fsp3) is 0.400. The van der Waals surface area contributed by atoms with Crippen LogP contribution in [0.25, 0.3) is 21.9 Å². The summed E-state index contributed by atoms with van der Waals surface area (Å²) in [5.74, 6) is 2.23. The molecular formula is C25H29FN6O3. The number of nitrogens with zero attached hydrogens (tertiary/aromatic N) is 5. The van der Waals surface area contributed by atoms with Gasteiger partial charge in [-0.2, -0.15) is 0 Å². The van der Waals surface area contributed by atoms with Crippen LogP contribution < -0.4 is 14.2 Å². The van der Waals surface area contributed by atoms with Crippen molar-refractivity contribution in [3.8, 4) is 23.1 Å². The number of halogens is 1. The van der Waals surface area contributed by atoms with Crippen LogP contribution in [0.4, 0.5) is 4.39 Å². The second-order valence-electron chi connectivity index (χ2n) is 8.46. The Morgan fingerprint density at radius 2 is 1.83 bits per heavy atom. The first-order valence-electron chi connectivity index (χ1n) is 11.8. The van der Waals surface area contributed by atoms with E-state index in [0.717, 1.165) is 55.6 Å². The lowest BCUT2D eigenvalue weighted by Crippen LogP contribution is -2.47. The van der Waals surface area contributed by atoms with Gasteiger partial charge in [0.1, 0.15) is 24.4 Å². The molecule has 0 spiro atoms. The molecular weight excluding hydrogens is 451 g/mol. The molecule has 1 aliphatic heterocycles. The zero-order valence-corrected chi connectivity index (χ0v) is 19.7. The Morgan fingerprint density at radius 1 is 1.00 bits per heavy atom. The highest BCUT2D eigenvalue weighted by molar-refractivity contribution is 5.87. The Bertz CT molecular complexity index is 1270. The van der Waals surface area contributed by atoms with Crippen LogP contribution in [0.3, 0.4) is 0 Å². The molecule has 0 unspecified atom stereocenters. The molecule has 1 fully saturated rings. The highest BCUT2D eigenvalue weighted by Gasteiger charge is 2.17. The molecule has 1 aliphatic rings. The largest absolute Gasteiger partial charge is 0.493 e. The van der Waals surface area contributed by atoms with Gasteiger partial charge in [0.25, 0.3) is 0 Å². The van der Waals surface area contributed by atoms with Crippen LogP contribution in [0, 0.1) is 0 Å². The van der Waals surface area contributed by atoms with E-state index in [2.05, 4.69) is 29.7 Å². The predicted molar refractivity (Wildman–Crippen MR) is 131 cm³/mol. The summed E-state index contributed by atoms with van der Waals surface area (Å²) in [6.45, 7) is 5.53. The summed E-state index contributed by atoms with van der Waals surface area (Å²) in [6.07, 6.45) is 5.85. The number of aromatic amines is 1. The number of pyridine rings is 1. The molecule has 1 aromatic carbocycles. The third-order valence-electron chi connectivity index (χ3n) is 6.22. The lowest BCUT2D eigenvalue weighted by atomic mass is 10.2. The number of hydrogen-bond acceptors (Lipinski definition) is 8. The second-order valence-corrected chi connectivity index (χ2v) is 8.46. The van der Waals surface area contributed by atoms with Gasteiger partial charge < -0.3 is 24.1 Å². The Morgan fingerprint density at radius 3 is 2.63 bits per heavy atom. The quantitative estimate of drug-likeness (QED) is 0.344. The van der Waals surface area contributed by atoms with Gasteiger partial charge in [-0.25, -0.2) is 19.3 Å². The van der Waals surface area contributed by atoms with E-state index in [1.807, 2.05) is 30.5 Å². The lowest BCUT2D eigenvalue weighted by molar-refractivity contribution is 0.120. The number of piperazine rings is 1.